The highest BCUT2D eigenvalue weighted by Crippen LogP contribution is 2.56. The molecule has 10 heteroatoms. The Morgan fingerprint density at radius 2 is 1.85 bits per heavy atom. The molecule has 10 nitrogen and oxygen atoms in total. The Balaban J connectivity index is 2.12. The summed E-state index contributed by atoms with van der Waals surface area (Å²) in [6.45, 7) is 1.85. The molecule has 3 aliphatic rings. The highest BCUT2D eigenvalue weighted by atomic mass is 16.5. The van der Waals surface area contributed by atoms with E-state index in [1.807, 2.05) is 6.92 Å². The van der Waals surface area contributed by atoms with Crippen LogP contribution in [-0.4, -0.2) is 83.6 Å². The summed E-state index contributed by atoms with van der Waals surface area (Å²) in [5, 5.41) is 36.0. The van der Waals surface area contributed by atoms with Crippen molar-refractivity contribution in [2.45, 2.75) is 30.5 Å². The molecule has 4 rings (SSSR count). The molecule has 1 aromatic rings. The summed E-state index contributed by atoms with van der Waals surface area (Å²) < 4.78 is 5.91. The van der Waals surface area contributed by atoms with Crippen molar-refractivity contribution < 1.29 is 34.4 Å². The second-order valence-electron chi connectivity index (χ2n) is 9.29. The molecule has 0 saturated heterocycles. The third-order valence-electron chi connectivity index (χ3n) is 7.68. The van der Waals surface area contributed by atoms with Crippen LogP contribution in [0.15, 0.2) is 40.9 Å². The number of Topliss-reactive ketones (excluding diaryl/α,β-unsaturated/α-hetero) is 2. The number of nitrogens with two attached hydrogens (primary N) is 1. The van der Waals surface area contributed by atoms with E-state index in [-0.39, 0.29) is 16.9 Å². The van der Waals surface area contributed by atoms with Crippen molar-refractivity contribution in [3.05, 3.63) is 52.0 Å². The summed E-state index contributed by atoms with van der Waals surface area (Å²) >= 11 is 0. The number of aromatic hydroxyl groups is 1. The smallest absolute Gasteiger partial charge is 0.255 e. The number of methoxy groups -OCH3 is 1. The number of hydrogen-bond donors (Lipinski definition) is 5. The number of carbonyl (C=O) groups is 3. The molecule has 0 aliphatic heterocycles. The van der Waals surface area contributed by atoms with Crippen LogP contribution >= 0.6 is 0 Å². The monoisotopic (exact) mass is 471 g/mol. The van der Waals surface area contributed by atoms with Crippen LogP contribution in [0.25, 0.3) is 0 Å². The largest absolute Gasteiger partial charge is 0.510 e. The third kappa shape index (κ3) is 2.76. The van der Waals surface area contributed by atoms with Crippen molar-refractivity contribution in [2.24, 2.45) is 17.6 Å². The van der Waals surface area contributed by atoms with E-state index in [2.05, 4.69) is 5.32 Å². The summed E-state index contributed by atoms with van der Waals surface area (Å²) in [6.07, 6.45) is -0.847. The van der Waals surface area contributed by atoms with Crippen LogP contribution < -0.4 is 11.1 Å². The number of amides is 1. The summed E-state index contributed by atoms with van der Waals surface area (Å²) in [6, 6.07) is 3.80. The van der Waals surface area contributed by atoms with Crippen molar-refractivity contribution in [3.8, 4) is 5.75 Å². The molecule has 6 atom stereocenters. The number of phenolic OH excluding ortho intramolecular Hbond substituents is 1. The van der Waals surface area contributed by atoms with Gasteiger partial charge < -0.3 is 31.1 Å². The molecular weight excluding hydrogens is 442 g/mol. The number of carbonyl (C=O) groups excluding carboxylic acids is 3. The quantitative estimate of drug-likeness (QED) is 0.394. The number of fused-ring (bicyclic) bond motifs is 3. The minimum absolute atomic E-state index is 0.0493. The minimum Gasteiger partial charge on any atom is -0.510 e. The average Bonchev–Trinajstić information content (AvgIpc) is 2.76. The van der Waals surface area contributed by atoms with E-state index in [1.54, 1.807) is 31.1 Å². The first-order chi connectivity index (χ1) is 16.0. The molecule has 34 heavy (non-hydrogen) atoms. The zero-order chi connectivity index (χ0) is 25.3. The molecule has 1 aromatic carbocycles. The van der Waals surface area contributed by atoms with E-state index >= 15 is 0 Å². The maximum Gasteiger partial charge on any atom is 0.255 e. The van der Waals surface area contributed by atoms with Gasteiger partial charge in [-0.2, -0.15) is 0 Å². The van der Waals surface area contributed by atoms with Crippen LogP contribution in [0.2, 0.25) is 0 Å². The first kappa shape index (κ1) is 23.9. The number of aliphatic hydroxyl groups is 2. The number of primary amides is 1. The fourth-order valence-electron chi connectivity index (χ4n) is 6.27. The Hall–Kier alpha value is -3.21. The summed E-state index contributed by atoms with van der Waals surface area (Å²) in [4.78, 5) is 41.3. The number of ether oxygens (including phenoxy) is 1. The summed E-state index contributed by atoms with van der Waals surface area (Å²) in [5.41, 5.74) is 3.41. The highest BCUT2D eigenvalue weighted by molar-refractivity contribution is 6.25. The lowest BCUT2D eigenvalue weighted by atomic mass is 9.54. The fourth-order valence-corrected chi connectivity index (χ4v) is 6.27. The van der Waals surface area contributed by atoms with E-state index < -0.39 is 70.0 Å². The van der Waals surface area contributed by atoms with Gasteiger partial charge in [-0.3, -0.25) is 19.3 Å². The number of rotatable bonds is 4. The van der Waals surface area contributed by atoms with E-state index in [0.717, 1.165) is 0 Å². The van der Waals surface area contributed by atoms with Crippen molar-refractivity contribution in [1.82, 2.24) is 10.2 Å². The number of benzene rings is 1. The van der Waals surface area contributed by atoms with Gasteiger partial charge in [0.2, 0.25) is 0 Å². The zero-order valence-corrected chi connectivity index (χ0v) is 19.6. The maximum absolute atomic E-state index is 13.8. The number of aliphatic hydroxyl groups excluding tert-OH is 2. The van der Waals surface area contributed by atoms with Gasteiger partial charge in [0.1, 0.15) is 28.4 Å². The van der Waals surface area contributed by atoms with Crippen molar-refractivity contribution in [2.75, 3.05) is 28.3 Å². The number of nitrogens with zero attached hydrogens (tertiary/aromatic N) is 1. The molecule has 0 fully saturated rings. The van der Waals surface area contributed by atoms with Crippen LogP contribution in [0, 0.1) is 11.8 Å². The Bertz CT molecular complexity index is 1170. The Morgan fingerprint density at radius 1 is 1.21 bits per heavy atom. The van der Waals surface area contributed by atoms with E-state index in [1.165, 1.54) is 20.2 Å². The summed E-state index contributed by atoms with van der Waals surface area (Å²) in [5.74, 6) is -6.06. The second-order valence-corrected chi connectivity index (χ2v) is 9.29. The topological polar surface area (TPSA) is 162 Å². The van der Waals surface area contributed by atoms with Gasteiger partial charge in [-0.05, 0) is 38.7 Å². The normalized spacial score (nSPS) is 33.1. The fraction of sp³-hybridized carbons (Fsp3) is 0.458. The Kier molecular flexibility index (Phi) is 5.58. The number of nitrogens with one attached hydrogen (secondary N) is 1. The number of likely N-dealkylation sites (N-methyl/N-ethyl adjacent to an activating group) is 2. The predicted molar refractivity (Wildman–Crippen MR) is 121 cm³/mol. The van der Waals surface area contributed by atoms with Crippen LogP contribution in [-0.2, 0) is 14.3 Å². The number of hydrogen-bond acceptors (Lipinski definition) is 9. The lowest BCUT2D eigenvalue weighted by Crippen LogP contribution is -2.73. The molecule has 0 radical (unpaired) electrons. The van der Waals surface area contributed by atoms with Crippen LogP contribution in [0.3, 0.4) is 0 Å². The maximum atomic E-state index is 13.8. The SMILES string of the molecule is CN[C@@]12C(=O)C(C(N)=O)=C(O)[C@@H](N(C)C)[C@H]1C(OC)[C@H]1C(=C2O)C(=O)c2c(O)cccc2C1C. The van der Waals surface area contributed by atoms with E-state index in [4.69, 9.17) is 10.5 Å². The Morgan fingerprint density at radius 3 is 2.38 bits per heavy atom. The molecule has 0 bridgehead atoms. The highest BCUT2D eigenvalue weighted by Gasteiger charge is 2.67. The van der Waals surface area contributed by atoms with Gasteiger partial charge in [0.15, 0.2) is 11.6 Å². The van der Waals surface area contributed by atoms with Gasteiger partial charge in [0.25, 0.3) is 5.91 Å². The Labute approximate surface area is 196 Å². The first-order valence-corrected chi connectivity index (χ1v) is 10.9. The number of phenols is 1. The molecule has 0 saturated carbocycles. The summed E-state index contributed by atoms with van der Waals surface area (Å²) in [7, 11) is 6.16. The molecule has 3 aliphatic carbocycles. The van der Waals surface area contributed by atoms with Crippen LogP contribution in [0.5, 0.6) is 5.75 Å². The number of ketones is 2. The minimum atomic E-state index is -1.98. The van der Waals surface area contributed by atoms with Gasteiger partial charge in [-0.1, -0.05) is 19.1 Å². The van der Waals surface area contributed by atoms with Crippen molar-refractivity contribution in [3.63, 3.8) is 0 Å². The van der Waals surface area contributed by atoms with E-state index in [9.17, 15) is 29.7 Å². The van der Waals surface area contributed by atoms with Crippen LogP contribution in [0.1, 0.15) is 28.8 Å². The molecular formula is C24H29N3O7. The van der Waals surface area contributed by atoms with Crippen LogP contribution in [0.4, 0.5) is 0 Å². The van der Waals surface area contributed by atoms with Gasteiger partial charge in [-0.15, -0.1) is 0 Å². The zero-order valence-electron chi connectivity index (χ0n) is 19.6. The van der Waals surface area contributed by atoms with Crippen molar-refractivity contribution in [1.29, 1.82) is 0 Å². The third-order valence-corrected chi connectivity index (χ3v) is 7.68. The predicted octanol–water partition coefficient (Wildman–Crippen LogP) is 0.534. The van der Waals surface area contributed by atoms with Gasteiger partial charge in [0, 0.05) is 24.5 Å². The first-order valence-electron chi connectivity index (χ1n) is 10.9. The molecule has 2 unspecified atom stereocenters. The molecule has 0 spiro atoms. The van der Waals surface area contributed by atoms with Crippen molar-refractivity contribution >= 4 is 17.5 Å². The average molecular weight is 472 g/mol. The van der Waals surface area contributed by atoms with Gasteiger partial charge in [-0.25, -0.2) is 0 Å². The van der Waals surface area contributed by atoms with Gasteiger partial charge in [0.05, 0.1) is 17.7 Å². The molecule has 182 valence electrons. The van der Waals surface area contributed by atoms with E-state index in [0.29, 0.717) is 5.56 Å². The van der Waals surface area contributed by atoms with Gasteiger partial charge >= 0.3 is 0 Å². The molecule has 0 heterocycles. The standard InChI is InChI=1S/C24H29N3O7/c1-9-10-7-6-8-11(28)13(10)18(29)14-12(9)20(34-5)16-17(27(3)4)19(30)15(23(25)33)22(32)24(16,26-2)21(14)31/h6-9,12,16-17,20,26,28,30-31H,1-5H3,(H2,25,33)/t9?,12-,16+,17+,20?,24+/m1/s1. The lowest BCUT2D eigenvalue weighted by Gasteiger charge is -2.56. The molecule has 6 N–H and O–H groups in total. The molecule has 0 aromatic heterocycles. The second kappa shape index (κ2) is 7.93. The molecule has 1 amide bonds. The lowest BCUT2D eigenvalue weighted by molar-refractivity contribution is -0.138.